The summed E-state index contributed by atoms with van der Waals surface area (Å²) >= 11 is 1.60. The highest BCUT2D eigenvalue weighted by Gasteiger charge is 2.27. The van der Waals surface area contributed by atoms with Crippen LogP contribution in [-0.4, -0.2) is 36.7 Å². The first-order valence-electron chi connectivity index (χ1n) is 10.4. The number of amides is 1. The van der Waals surface area contributed by atoms with E-state index in [0.29, 0.717) is 24.3 Å². The number of sulfonamides is 1. The molecule has 5 rings (SSSR count). The van der Waals surface area contributed by atoms with Crippen LogP contribution < -0.4 is 5.32 Å². The molecule has 6 nitrogen and oxygen atoms in total. The molecule has 162 valence electrons. The van der Waals surface area contributed by atoms with Crippen LogP contribution in [0, 0.1) is 0 Å². The molecule has 4 aromatic rings. The van der Waals surface area contributed by atoms with Gasteiger partial charge in [0.1, 0.15) is 5.01 Å². The zero-order valence-corrected chi connectivity index (χ0v) is 18.8. The highest BCUT2D eigenvalue weighted by molar-refractivity contribution is 7.89. The van der Waals surface area contributed by atoms with E-state index in [4.69, 9.17) is 0 Å². The minimum Gasteiger partial charge on any atom is -0.322 e. The molecule has 8 heteroatoms. The summed E-state index contributed by atoms with van der Waals surface area (Å²) in [6.45, 7) is 1.05. The highest BCUT2D eigenvalue weighted by atomic mass is 32.2. The minimum atomic E-state index is -3.58. The predicted octanol–water partition coefficient (Wildman–Crippen LogP) is 5.00. The van der Waals surface area contributed by atoms with E-state index in [1.807, 2.05) is 42.5 Å². The summed E-state index contributed by atoms with van der Waals surface area (Å²) in [7, 11) is -3.58. The molecule has 0 radical (unpaired) electrons. The summed E-state index contributed by atoms with van der Waals surface area (Å²) in [5.41, 5.74) is 2.78. The molecule has 2 heterocycles. The van der Waals surface area contributed by atoms with E-state index in [2.05, 4.69) is 10.3 Å². The van der Waals surface area contributed by atoms with Gasteiger partial charge in [0.2, 0.25) is 10.0 Å². The maximum Gasteiger partial charge on any atom is 0.255 e. The molecule has 1 saturated heterocycles. The molecule has 1 N–H and O–H groups in total. The van der Waals surface area contributed by atoms with Crippen molar-refractivity contribution >= 4 is 43.2 Å². The fourth-order valence-corrected chi connectivity index (χ4v) is 6.33. The van der Waals surface area contributed by atoms with Crippen molar-refractivity contribution in [2.24, 2.45) is 0 Å². The van der Waals surface area contributed by atoms with Gasteiger partial charge in [0.15, 0.2) is 0 Å². The zero-order valence-electron chi connectivity index (χ0n) is 17.2. The third-order valence-electron chi connectivity index (χ3n) is 5.46. The zero-order chi connectivity index (χ0) is 22.1. The number of rotatable bonds is 5. The van der Waals surface area contributed by atoms with Crippen molar-refractivity contribution in [3.63, 3.8) is 0 Å². The van der Waals surface area contributed by atoms with E-state index >= 15 is 0 Å². The molecular weight excluding hydrogens is 442 g/mol. The number of carbonyl (C=O) groups is 1. The lowest BCUT2D eigenvalue weighted by molar-refractivity contribution is 0.102. The van der Waals surface area contributed by atoms with Crippen molar-refractivity contribution in [3.8, 4) is 10.6 Å². The Morgan fingerprint density at radius 3 is 2.53 bits per heavy atom. The number of thiazole rings is 1. The first-order valence-corrected chi connectivity index (χ1v) is 12.6. The molecule has 0 spiro atoms. The highest BCUT2D eigenvalue weighted by Crippen LogP contribution is 2.31. The van der Waals surface area contributed by atoms with Gasteiger partial charge in [0, 0.05) is 29.9 Å². The number of aromatic nitrogens is 1. The summed E-state index contributed by atoms with van der Waals surface area (Å²) in [4.78, 5) is 17.7. The van der Waals surface area contributed by atoms with Crippen LogP contribution >= 0.6 is 11.3 Å². The number of anilines is 1. The first kappa shape index (κ1) is 20.8. The number of carbonyl (C=O) groups excluding carboxylic acids is 1. The van der Waals surface area contributed by atoms with Gasteiger partial charge in [-0.15, -0.1) is 11.3 Å². The van der Waals surface area contributed by atoms with Crippen LogP contribution in [0.3, 0.4) is 0 Å². The van der Waals surface area contributed by atoms with E-state index in [1.54, 1.807) is 29.5 Å². The summed E-state index contributed by atoms with van der Waals surface area (Å²) in [6, 6.07) is 21.7. The second kappa shape index (κ2) is 8.46. The molecule has 0 aliphatic carbocycles. The maximum absolute atomic E-state index is 12.9. The van der Waals surface area contributed by atoms with Crippen molar-refractivity contribution in [1.29, 1.82) is 0 Å². The Morgan fingerprint density at radius 1 is 0.938 bits per heavy atom. The molecule has 1 fully saturated rings. The SMILES string of the molecule is O=C(Nc1cccc(-c2nc3ccccc3s2)c1)c1cccc(S(=O)(=O)N2CCCC2)c1. The number of benzene rings is 3. The Bertz CT molecular complexity index is 1370. The molecule has 1 amide bonds. The molecule has 0 unspecified atom stereocenters. The van der Waals surface area contributed by atoms with Gasteiger partial charge in [-0.25, -0.2) is 13.4 Å². The molecule has 0 saturated carbocycles. The number of para-hydroxylation sites is 1. The number of fused-ring (bicyclic) bond motifs is 1. The standard InChI is InChI=1S/C24H21N3O3S2/c28-23(17-7-6-10-20(16-17)32(29,30)27-13-3-4-14-27)25-19-9-5-8-18(15-19)24-26-21-11-1-2-12-22(21)31-24/h1-2,5-12,15-16H,3-4,13-14H2,(H,25,28). The minimum absolute atomic E-state index is 0.148. The molecule has 0 atom stereocenters. The molecule has 1 aliphatic rings. The summed E-state index contributed by atoms with van der Waals surface area (Å²) < 4.78 is 28.2. The van der Waals surface area contributed by atoms with Gasteiger partial charge in [-0.05, 0) is 55.3 Å². The smallest absolute Gasteiger partial charge is 0.255 e. The molecular formula is C24H21N3O3S2. The fraction of sp³-hybridized carbons (Fsp3) is 0.167. The van der Waals surface area contributed by atoms with Crippen molar-refractivity contribution in [3.05, 3.63) is 78.4 Å². The number of hydrogen-bond acceptors (Lipinski definition) is 5. The second-order valence-electron chi connectivity index (χ2n) is 7.66. The van der Waals surface area contributed by atoms with Gasteiger partial charge in [-0.1, -0.05) is 30.3 Å². The van der Waals surface area contributed by atoms with Gasteiger partial charge in [-0.2, -0.15) is 4.31 Å². The van der Waals surface area contributed by atoms with Gasteiger partial charge >= 0.3 is 0 Å². The first-order chi connectivity index (χ1) is 15.5. The third-order valence-corrected chi connectivity index (χ3v) is 8.44. The number of hydrogen-bond donors (Lipinski definition) is 1. The predicted molar refractivity (Wildman–Crippen MR) is 127 cm³/mol. The lowest BCUT2D eigenvalue weighted by atomic mass is 10.2. The Labute approximate surface area is 190 Å². The fourth-order valence-electron chi connectivity index (χ4n) is 3.80. The average molecular weight is 464 g/mol. The van der Waals surface area contributed by atoms with E-state index in [-0.39, 0.29) is 10.8 Å². The Hall–Kier alpha value is -3.07. The maximum atomic E-state index is 12.9. The van der Waals surface area contributed by atoms with Crippen LogP contribution in [0.15, 0.2) is 77.7 Å². The van der Waals surface area contributed by atoms with E-state index < -0.39 is 10.0 Å². The van der Waals surface area contributed by atoms with Crippen LogP contribution in [0.25, 0.3) is 20.8 Å². The number of nitrogens with zero attached hydrogens (tertiary/aromatic N) is 2. The quantitative estimate of drug-likeness (QED) is 0.452. The molecule has 1 aromatic heterocycles. The Morgan fingerprint density at radius 2 is 1.72 bits per heavy atom. The summed E-state index contributed by atoms with van der Waals surface area (Å²) in [5, 5.41) is 3.76. The largest absolute Gasteiger partial charge is 0.322 e. The lowest BCUT2D eigenvalue weighted by Gasteiger charge is -2.16. The molecule has 3 aromatic carbocycles. The van der Waals surface area contributed by atoms with Crippen molar-refractivity contribution in [2.75, 3.05) is 18.4 Å². The van der Waals surface area contributed by atoms with Crippen LogP contribution in [0.2, 0.25) is 0 Å². The van der Waals surface area contributed by atoms with E-state index in [0.717, 1.165) is 33.6 Å². The van der Waals surface area contributed by atoms with Crippen LogP contribution in [0.4, 0.5) is 5.69 Å². The monoisotopic (exact) mass is 463 g/mol. The molecule has 32 heavy (non-hydrogen) atoms. The molecule has 0 bridgehead atoms. The number of nitrogens with one attached hydrogen (secondary N) is 1. The van der Waals surface area contributed by atoms with Crippen LogP contribution in [-0.2, 0) is 10.0 Å². The van der Waals surface area contributed by atoms with Crippen molar-refractivity contribution in [2.45, 2.75) is 17.7 Å². The summed E-state index contributed by atoms with van der Waals surface area (Å²) in [6.07, 6.45) is 1.73. The Balaban J connectivity index is 1.38. The van der Waals surface area contributed by atoms with Crippen molar-refractivity contribution in [1.82, 2.24) is 9.29 Å². The Kier molecular flexibility index (Phi) is 5.50. The van der Waals surface area contributed by atoms with Gasteiger partial charge < -0.3 is 5.32 Å². The van der Waals surface area contributed by atoms with Crippen LogP contribution in [0.5, 0.6) is 0 Å². The summed E-state index contributed by atoms with van der Waals surface area (Å²) in [5.74, 6) is -0.357. The average Bonchev–Trinajstić information content (AvgIpc) is 3.50. The van der Waals surface area contributed by atoms with E-state index in [9.17, 15) is 13.2 Å². The topological polar surface area (TPSA) is 79.4 Å². The third kappa shape index (κ3) is 4.04. The normalized spacial score (nSPS) is 14.6. The van der Waals surface area contributed by atoms with Gasteiger partial charge in [0.25, 0.3) is 5.91 Å². The van der Waals surface area contributed by atoms with Gasteiger partial charge in [-0.3, -0.25) is 4.79 Å². The lowest BCUT2D eigenvalue weighted by Crippen LogP contribution is -2.28. The second-order valence-corrected chi connectivity index (χ2v) is 10.6. The molecule has 1 aliphatic heterocycles. The van der Waals surface area contributed by atoms with Gasteiger partial charge in [0.05, 0.1) is 15.1 Å². The van der Waals surface area contributed by atoms with Crippen molar-refractivity contribution < 1.29 is 13.2 Å². The van der Waals surface area contributed by atoms with Crippen LogP contribution in [0.1, 0.15) is 23.2 Å². The van der Waals surface area contributed by atoms with E-state index in [1.165, 1.54) is 16.4 Å².